The Morgan fingerprint density at radius 2 is 1.89 bits per heavy atom. The molecule has 0 saturated heterocycles. The summed E-state index contributed by atoms with van der Waals surface area (Å²) < 4.78 is 5.35. The summed E-state index contributed by atoms with van der Waals surface area (Å²) in [7, 11) is 0. The van der Waals surface area contributed by atoms with Crippen LogP contribution in [0.4, 0.5) is 5.00 Å². The first-order valence-corrected chi connectivity index (χ1v) is 12.4. The Labute approximate surface area is 220 Å². The minimum absolute atomic E-state index is 0.157. The number of anilines is 1. The topological polar surface area (TPSA) is 121 Å². The molecule has 0 aliphatic heterocycles. The van der Waals surface area contributed by atoms with E-state index >= 15 is 0 Å². The molecule has 4 rings (SSSR count). The van der Waals surface area contributed by atoms with Crippen LogP contribution < -0.4 is 15.5 Å². The molecule has 0 unspecified atom stereocenters. The highest BCUT2D eigenvalue weighted by Gasteiger charge is 2.23. The molecule has 3 aromatic rings. The largest absolute Gasteiger partial charge is 0.423 e. The van der Waals surface area contributed by atoms with Gasteiger partial charge in [-0.15, -0.1) is 11.3 Å². The highest BCUT2D eigenvalue weighted by Crippen LogP contribution is 2.37. The second-order valence-corrected chi connectivity index (χ2v) is 9.72. The zero-order valence-corrected chi connectivity index (χ0v) is 21.0. The van der Waals surface area contributed by atoms with Crippen molar-refractivity contribution < 1.29 is 19.1 Å². The van der Waals surface area contributed by atoms with Crippen molar-refractivity contribution in [2.75, 3.05) is 5.32 Å². The van der Waals surface area contributed by atoms with Crippen LogP contribution in [0.1, 0.15) is 44.8 Å². The van der Waals surface area contributed by atoms with E-state index in [2.05, 4.69) is 21.9 Å². The number of amides is 2. The maximum atomic E-state index is 12.4. The van der Waals surface area contributed by atoms with Gasteiger partial charge >= 0.3 is 17.8 Å². The fourth-order valence-electron chi connectivity index (χ4n) is 3.62. The summed E-state index contributed by atoms with van der Waals surface area (Å²) in [5.74, 6) is -2.35. The van der Waals surface area contributed by atoms with E-state index in [9.17, 15) is 19.6 Å². The molecule has 2 aromatic carbocycles. The van der Waals surface area contributed by atoms with Crippen molar-refractivity contribution in [3.8, 4) is 11.8 Å². The molecular formula is C25H18Cl2N4O4S. The average Bonchev–Trinajstić information content (AvgIpc) is 3.20. The number of rotatable bonds is 5. The van der Waals surface area contributed by atoms with Gasteiger partial charge in [-0.3, -0.25) is 9.59 Å². The molecule has 1 aliphatic rings. The minimum Gasteiger partial charge on any atom is -0.423 e. The number of benzene rings is 2. The molecule has 1 aromatic heterocycles. The van der Waals surface area contributed by atoms with Crippen molar-refractivity contribution in [2.45, 2.75) is 25.7 Å². The molecule has 0 saturated carbocycles. The fraction of sp³-hybridized carbons (Fsp3) is 0.160. The maximum absolute atomic E-state index is 12.4. The number of halogens is 2. The van der Waals surface area contributed by atoms with Crippen LogP contribution in [0.2, 0.25) is 10.0 Å². The third-order valence-electron chi connectivity index (χ3n) is 5.32. The van der Waals surface area contributed by atoms with Gasteiger partial charge in [-0.25, -0.2) is 10.2 Å². The van der Waals surface area contributed by atoms with Gasteiger partial charge in [-0.1, -0.05) is 35.3 Å². The molecule has 11 heteroatoms. The van der Waals surface area contributed by atoms with E-state index in [1.165, 1.54) is 41.8 Å². The maximum Gasteiger partial charge on any atom is 0.345 e. The SMILES string of the molecule is N#Cc1c(NC(=O)C(=O)N/N=C/c2cccc(OC(=O)c3ccc(Cl)cc3Cl)c2)sc2c1CCCC2. The first-order chi connectivity index (χ1) is 17.4. The number of hydrogen-bond donors (Lipinski definition) is 2. The van der Waals surface area contributed by atoms with E-state index < -0.39 is 17.8 Å². The summed E-state index contributed by atoms with van der Waals surface area (Å²) in [6.07, 6.45) is 4.99. The predicted octanol–water partition coefficient (Wildman–Crippen LogP) is 5.11. The van der Waals surface area contributed by atoms with Crippen LogP contribution in [-0.2, 0) is 22.4 Å². The number of hydrazone groups is 1. The molecule has 2 amide bonds. The van der Waals surface area contributed by atoms with Gasteiger partial charge in [0, 0.05) is 9.90 Å². The van der Waals surface area contributed by atoms with Gasteiger partial charge in [0.05, 0.1) is 22.4 Å². The molecule has 2 N–H and O–H groups in total. The lowest BCUT2D eigenvalue weighted by Gasteiger charge is -2.09. The van der Waals surface area contributed by atoms with Gasteiger partial charge in [0.15, 0.2) is 0 Å². The summed E-state index contributed by atoms with van der Waals surface area (Å²) in [5, 5.41) is 16.7. The van der Waals surface area contributed by atoms with Crippen molar-refractivity contribution in [3.63, 3.8) is 0 Å². The summed E-state index contributed by atoms with van der Waals surface area (Å²) in [6.45, 7) is 0. The van der Waals surface area contributed by atoms with Crippen molar-refractivity contribution in [1.82, 2.24) is 5.43 Å². The summed E-state index contributed by atoms with van der Waals surface area (Å²) >= 11 is 13.2. The Bertz CT molecular complexity index is 1430. The average molecular weight is 541 g/mol. The van der Waals surface area contributed by atoms with Crippen LogP contribution in [0.25, 0.3) is 0 Å². The highest BCUT2D eigenvalue weighted by atomic mass is 35.5. The smallest absolute Gasteiger partial charge is 0.345 e. The molecule has 36 heavy (non-hydrogen) atoms. The van der Waals surface area contributed by atoms with Gasteiger partial charge in [0.1, 0.15) is 16.8 Å². The van der Waals surface area contributed by atoms with E-state index in [1.807, 2.05) is 0 Å². The Hall–Kier alpha value is -3.71. The number of esters is 1. The lowest BCUT2D eigenvalue weighted by Crippen LogP contribution is -2.32. The molecule has 0 spiro atoms. The van der Waals surface area contributed by atoms with Crippen molar-refractivity contribution in [2.24, 2.45) is 5.10 Å². The molecule has 8 nitrogen and oxygen atoms in total. The van der Waals surface area contributed by atoms with E-state index in [-0.39, 0.29) is 16.3 Å². The first-order valence-electron chi connectivity index (χ1n) is 10.8. The number of thiophene rings is 1. The number of nitriles is 1. The lowest BCUT2D eigenvalue weighted by atomic mass is 9.96. The number of carbonyl (C=O) groups is 3. The molecular weight excluding hydrogens is 523 g/mol. The number of nitrogens with zero attached hydrogens (tertiary/aromatic N) is 2. The van der Waals surface area contributed by atoms with Crippen LogP contribution in [0.3, 0.4) is 0 Å². The van der Waals surface area contributed by atoms with Crippen molar-refractivity contribution in [3.05, 3.63) is 79.6 Å². The van der Waals surface area contributed by atoms with E-state index in [1.54, 1.807) is 18.2 Å². The number of carbonyl (C=O) groups excluding carboxylic acids is 3. The quantitative estimate of drug-likeness (QED) is 0.153. The zero-order chi connectivity index (χ0) is 25.7. The second-order valence-electron chi connectivity index (χ2n) is 7.77. The first kappa shape index (κ1) is 25.4. The van der Waals surface area contributed by atoms with E-state index in [0.29, 0.717) is 21.2 Å². The monoisotopic (exact) mass is 540 g/mol. The normalized spacial score (nSPS) is 12.5. The Kier molecular flexibility index (Phi) is 8.00. The summed E-state index contributed by atoms with van der Waals surface area (Å²) in [6, 6.07) is 12.9. The molecule has 182 valence electrons. The molecule has 0 fully saturated rings. The van der Waals surface area contributed by atoms with Gasteiger partial charge in [0.25, 0.3) is 0 Å². The molecule has 0 bridgehead atoms. The van der Waals surface area contributed by atoms with Crippen molar-refractivity contribution in [1.29, 1.82) is 5.26 Å². The summed E-state index contributed by atoms with van der Waals surface area (Å²) in [5.41, 5.74) is 4.19. The standard InChI is InChI=1S/C25H18Cl2N4O4S/c26-15-8-9-18(20(27)11-15)25(34)35-16-5-3-4-14(10-16)13-29-31-23(33)22(32)30-24-19(12-28)17-6-1-2-7-21(17)36-24/h3-5,8-11,13H,1-2,6-7H2,(H,30,32)(H,31,33)/b29-13+. The van der Waals surface area contributed by atoms with Crippen LogP contribution in [0, 0.1) is 11.3 Å². The number of nitrogens with one attached hydrogen (secondary N) is 2. The van der Waals surface area contributed by atoms with Crippen LogP contribution in [0.15, 0.2) is 47.6 Å². The molecule has 0 radical (unpaired) electrons. The minimum atomic E-state index is -0.985. The zero-order valence-electron chi connectivity index (χ0n) is 18.6. The van der Waals surface area contributed by atoms with Crippen LogP contribution >= 0.6 is 34.5 Å². The Balaban J connectivity index is 1.36. The van der Waals surface area contributed by atoms with E-state index in [0.717, 1.165) is 36.1 Å². The lowest BCUT2D eigenvalue weighted by molar-refractivity contribution is -0.136. The Morgan fingerprint density at radius 1 is 1.08 bits per heavy atom. The van der Waals surface area contributed by atoms with Crippen molar-refractivity contribution >= 4 is 63.5 Å². The number of aryl methyl sites for hydroxylation is 1. The summed E-state index contributed by atoms with van der Waals surface area (Å²) in [4.78, 5) is 38.0. The van der Waals surface area contributed by atoms with Gasteiger partial charge < -0.3 is 10.1 Å². The van der Waals surface area contributed by atoms with Gasteiger partial charge in [-0.2, -0.15) is 10.4 Å². The molecule has 1 aliphatic carbocycles. The fourth-order valence-corrected chi connectivity index (χ4v) is 5.34. The Morgan fingerprint density at radius 3 is 2.67 bits per heavy atom. The number of hydrogen-bond acceptors (Lipinski definition) is 7. The third-order valence-corrected chi connectivity index (χ3v) is 7.07. The molecule has 0 atom stereocenters. The predicted molar refractivity (Wildman–Crippen MR) is 138 cm³/mol. The van der Waals surface area contributed by atoms with Gasteiger partial charge in [0.2, 0.25) is 0 Å². The second kappa shape index (κ2) is 11.4. The molecule has 1 heterocycles. The number of fused-ring (bicyclic) bond motifs is 1. The number of ether oxygens (including phenoxy) is 1. The highest BCUT2D eigenvalue weighted by molar-refractivity contribution is 7.16. The third kappa shape index (κ3) is 5.91. The van der Waals surface area contributed by atoms with E-state index in [4.69, 9.17) is 27.9 Å². The van der Waals surface area contributed by atoms with Crippen LogP contribution in [0.5, 0.6) is 5.75 Å². The van der Waals surface area contributed by atoms with Gasteiger partial charge in [-0.05, 0) is 67.1 Å². The van der Waals surface area contributed by atoms with Crippen LogP contribution in [-0.4, -0.2) is 24.0 Å².